The van der Waals surface area contributed by atoms with E-state index in [-0.39, 0.29) is 0 Å². The molecular weight excluding hydrogens is 322 g/mol. The number of anilines is 1. The summed E-state index contributed by atoms with van der Waals surface area (Å²) in [5.74, 6) is 2.04. The van der Waals surface area contributed by atoms with Gasteiger partial charge in [-0.15, -0.1) is 0 Å². The average Bonchev–Trinajstić information content (AvgIpc) is 3.18. The van der Waals surface area contributed by atoms with Crippen LogP contribution in [0, 0.1) is 6.92 Å². The number of ether oxygens (including phenoxy) is 1. The van der Waals surface area contributed by atoms with Crippen LogP contribution in [-0.2, 0) is 12.8 Å². The lowest BCUT2D eigenvalue weighted by Gasteiger charge is -2.22. The summed E-state index contributed by atoms with van der Waals surface area (Å²) >= 11 is 0. The Kier molecular flexibility index (Phi) is 5.30. The van der Waals surface area contributed by atoms with Gasteiger partial charge in [0.2, 0.25) is 0 Å². The van der Waals surface area contributed by atoms with Crippen molar-refractivity contribution in [3.05, 3.63) is 28.8 Å². The maximum absolute atomic E-state index is 6.14. The van der Waals surface area contributed by atoms with Crippen LogP contribution in [0.1, 0.15) is 48.8 Å². The lowest BCUT2D eigenvalue weighted by Crippen LogP contribution is -2.22. The summed E-state index contributed by atoms with van der Waals surface area (Å²) in [4.78, 5) is 7.45. The molecule has 1 aliphatic carbocycles. The first-order chi connectivity index (χ1) is 12.8. The first-order valence-corrected chi connectivity index (χ1v) is 10.3. The summed E-state index contributed by atoms with van der Waals surface area (Å²) in [5, 5.41) is 4.63. The van der Waals surface area contributed by atoms with E-state index >= 15 is 0 Å². The Morgan fingerprint density at radius 3 is 2.62 bits per heavy atom. The van der Waals surface area contributed by atoms with E-state index in [4.69, 9.17) is 9.72 Å². The molecule has 0 radical (unpaired) electrons. The highest BCUT2D eigenvalue weighted by Crippen LogP contribution is 2.35. The Balaban J connectivity index is 1.53. The van der Waals surface area contributed by atoms with Gasteiger partial charge in [0.05, 0.1) is 12.1 Å². The van der Waals surface area contributed by atoms with E-state index in [0.29, 0.717) is 0 Å². The molecule has 1 fully saturated rings. The Morgan fingerprint density at radius 1 is 1.08 bits per heavy atom. The van der Waals surface area contributed by atoms with Crippen LogP contribution in [0.5, 0.6) is 5.75 Å². The minimum Gasteiger partial charge on any atom is -0.493 e. The topological polar surface area (TPSA) is 37.4 Å². The summed E-state index contributed by atoms with van der Waals surface area (Å²) in [5.41, 5.74) is 5.21. The third kappa shape index (κ3) is 3.52. The van der Waals surface area contributed by atoms with Crippen LogP contribution >= 0.6 is 0 Å². The maximum atomic E-state index is 6.14. The van der Waals surface area contributed by atoms with Gasteiger partial charge >= 0.3 is 0 Å². The predicted octanol–water partition coefficient (Wildman–Crippen LogP) is 4.33. The van der Waals surface area contributed by atoms with Gasteiger partial charge < -0.3 is 15.0 Å². The first-order valence-electron chi connectivity index (χ1n) is 10.3. The first kappa shape index (κ1) is 17.6. The molecule has 1 N–H and O–H groups in total. The van der Waals surface area contributed by atoms with E-state index < -0.39 is 0 Å². The number of rotatable bonds is 6. The second kappa shape index (κ2) is 7.83. The fourth-order valence-corrected chi connectivity index (χ4v) is 4.50. The molecule has 2 aliphatic rings. The average molecular weight is 354 g/mol. The van der Waals surface area contributed by atoms with Crippen LogP contribution in [0.15, 0.2) is 12.1 Å². The Bertz CT molecular complexity index is 781. The van der Waals surface area contributed by atoms with Crippen LogP contribution in [0.2, 0.25) is 0 Å². The third-order valence-electron chi connectivity index (χ3n) is 5.92. The van der Waals surface area contributed by atoms with Crippen LogP contribution in [-0.4, -0.2) is 43.2 Å². The molecule has 0 spiro atoms. The summed E-state index contributed by atoms with van der Waals surface area (Å²) in [7, 11) is 1.98. The molecule has 0 unspecified atom stereocenters. The van der Waals surface area contributed by atoms with E-state index in [0.717, 1.165) is 43.1 Å². The van der Waals surface area contributed by atoms with Gasteiger partial charge in [-0.25, -0.2) is 4.98 Å². The zero-order valence-corrected chi connectivity index (χ0v) is 16.2. The van der Waals surface area contributed by atoms with Crippen LogP contribution in [0.3, 0.4) is 0 Å². The Hall–Kier alpha value is -1.81. The number of benzene rings is 1. The second-order valence-electron chi connectivity index (χ2n) is 7.76. The molecule has 4 heteroatoms. The lowest BCUT2D eigenvalue weighted by atomic mass is 9.89. The van der Waals surface area contributed by atoms with E-state index in [2.05, 4.69) is 29.3 Å². The molecule has 0 saturated carbocycles. The zero-order chi connectivity index (χ0) is 17.9. The number of aryl methyl sites for hydroxylation is 2. The van der Waals surface area contributed by atoms with Crippen molar-refractivity contribution >= 4 is 16.7 Å². The van der Waals surface area contributed by atoms with E-state index in [9.17, 15) is 0 Å². The quantitative estimate of drug-likeness (QED) is 0.785. The molecule has 1 aromatic heterocycles. The van der Waals surface area contributed by atoms with Crippen molar-refractivity contribution < 1.29 is 4.74 Å². The number of pyridine rings is 1. The number of hydrogen-bond donors (Lipinski definition) is 1. The van der Waals surface area contributed by atoms with Gasteiger partial charge in [0, 0.05) is 25.0 Å². The molecule has 0 amide bonds. The maximum Gasteiger partial charge on any atom is 0.129 e. The molecule has 2 aromatic rings. The van der Waals surface area contributed by atoms with Crippen molar-refractivity contribution in [1.82, 2.24) is 9.88 Å². The van der Waals surface area contributed by atoms with Crippen molar-refractivity contribution in [2.45, 2.75) is 51.9 Å². The van der Waals surface area contributed by atoms with E-state index in [1.54, 1.807) is 0 Å². The van der Waals surface area contributed by atoms with Crippen molar-refractivity contribution in [2.75, 3.05) is 38.6 Å². The van der Waals surface area contributed by atoms with E-state index in [1.165, 1.54) is 67.3 Å². The van der Waals surface area contributed by atoms with Crippen molar-refractivity contribution in [3.8, 4) is 5.75 Å². The van der Waals surface area contributed by atoms with Gasteiger partial charge in [0.1, 0.15) is 11.6 Å². The molecule has 26 heavy (non-hydrogen) atoms. The van der Waals surface area contributed by atoms with Crippen LogP contribution in [0.4, 0.5) is 5.82 Å². The Labute approximate surface area is 156 Å². The Morgan fingerprint density at radius 2 is 1.85 bits per heavy atom. The number of fused-ring (bicyclic) bond motifs is 3. The summed E-state index contributed by atoms with van der Waals surface area (Å²) in [6, 6.07) is 4.44. The van der Waals surface area contributed by atoms with Gasteiger partial charge in [-0.2, -0.15) is 0 Å². The minimum absolute atomic E-state index is 0.784. The predicted molar refractivity (Wildman–Crippen MR) is 108 cm³/mol. The summed E-state index contributed by atoms with van der Waals surface area (Å²) in [6.07, 6.45) is 8.66. The van der Waals surface area contributed by atoms with Gasteiger partial charge in [-0.1, -0.05) is 0 Å². The number of likely N-dealkylation sites (tertiary alicyclic amines) is 1. The normalized spacial score (nSPS) is 17.5. The highest BCUT2D eigenvalue weighted by atomic mass is 16.5. The lowest BCUT2D eigenvalue weighted by molar-refractivity contribution is 0.262. The van der Waals surface area contributed by atoms with E-state index in [1.807, 2.05) is 7.05 Å². The van der Waals surface area contributed by atoms with Crippen molar-refractivity contribution in [1.29, 1.82) is 0 Å². The smallest absolute Gasteiger partial charge is 0.129 e. The van der Waals surface area contributed by atoms with Gasteiger partial charge in [-0.3, -0.25) is 0 Å². The number of aromatic nitrogens is 1. The summed E-state index contributed by atoms with van der Waals surface area (Å²) in [6.45, 7) is 6.62. The monoisotopic (exact) mass is 353 g/mol. The highest BCUT2D eigenvalue weighted by molar-refractivity contribution is 5.88. The van der Waals surface area contributed by atoms with Gasteiger partial charge in [0.15, 0.2) is 0 Å². The number of nitrogens with zero attached hydrogens (tertiary/aromatic N) is 2. The number of hydrogen-bond acceptors (Lipinski definition) is 4. The largest absolute Gasteiger partial charge is 0.493 e. The highest BCUT2D eigenvalue weighted by Gasteiger charge is 2.19. The fraction of sp³-hybridized carbons (Fsp3) is 0.591. The van der Waals surface area contributed by atoms with Crippen molar-refractivity contribution in [3.63, 3.8) is 0 Å². The van der Waals surface area contributed by atoms with Gasteiger partial charge in [-0.05, 0) is 87.7 Å². The summed E-state index contributed by atoms with van der Waals surface area (Å²) < 4.78 is 6.14. The molecule has 0 bridgehead atoms. The standard InChI is InChI=1S/C22H31N3O/c1-16-14-19-17-8-3-4-9-18(17)22(23-2)24-20(19)15-21(16)26-13-7-12-25-10-5-6-11-25/h14-15H,3-13H2,1-2H3,(H,23,24). The molecule has 2 heterocycles. The SMILES string of the molecule is CNc1nc2cc(OCCCN3CCCC3)c(C)cc2c2c1CCCC2. The third-order valence-corrected chi connectivity index (χ3v) is 5.92. The molecule has 1 aliphatic heterocycles. The van der Waals surface area contributed by atoms with Crippen molar-refractivity contribution in [2.24, 2.45) is 0 Å². The van der Waals surface area contributed by atoms with Gasteiger partial charge in [0.25, 0.3) is 0 Å². The molecule has 0 atom stereocenters. The fourth-order valence-electron chi connectivity index (χ4n) is 4.50. The van der Waals surface area contributed by atoms with Crippen LogP contribution in [0.25, 0.3) is 10.9 Å². The molecule has 1 saturated heterocycles. The van der Waals surface area contributed by atoms with Crippen LogP contribution < -0.4 is 10.1 Å². The molecular formula is C22H31N3O. The zero-order valence-electron chi connectivity index (χ0n) is 16.2. The molecule has 4 nitrogen and oxygen atoms in total. The molecule has 4 rings (SSSR count). The minimum atomic E-state index is 0.784. The molecule has 140 valence electrons. The second-order valence-corrected chi connectivity index (χ2v) is 7.76. The molecule has 1 aromatic carbocycles. The number of nitrogens with one attached hydrogen (secondary N) is 1.